The molecule has 5 heteroatoms. The van der Waals surface area contributed by atoms with E-state index in [-0.39, 0.29) is 0 Å². The van der Waals surface area contributed by atoms with E-state index in [0.29, 0.717) is 12.2 Å². The van der Waals surface area contributed by atoms with Crippen molar-refractivity contribution in [1.82, 2.24) is 15.2 Å². The summed E-state index contributed by atoms with van der Waals surface area (Å²) in [5.74, 6) is 0. The van der Waals surface area contributed by atoms with Gasteiger partial charge in [0, 0.05) is 23.5 Å². The highest BCUT2D eigenvalue weighted by molar-refractivity contribution is 5.98. The summed E-state index contributed by atoms with van der Waals surface area (Å²) in [5.41, 5.74) is 9.47. The second-order valence-electron chi connectivity index (χ2n) is 4.04. The maximum absolute atomic E-state index is 5.91. The van der Waals surface area contributed by atoms with Crippen LogP contribution in [0.15, 0.2) is 42.7 Å². The number of fused-ring (bicyclic) bond motifs is 1. The molecule has 90 valence electrons. The van der Waals surface area contributed by atoms with Crippen LogP contribution in [0.2, 0.25) is 0 Å². The van der Waals surface area contributed by atoms with Gasteiger partial charge in [-0.3, -0.25) is 10.1 Å². The van der Waals surface area contributed by atoms with Crippen molar-refractivity contribution in [2.45, 2.75) is 6.54 Å². The van der Waals surface area contributed by atoms with Crippen LogP contribution < -0.4 is 11.1 Å². The minimum Gasteiger partial charge on any atom is -0.397 e. The van der Waals surface area contributed by atoms with E-state index < -0.39 is 0 Å². The van der Waals surface area contributed by atoms with Crippen molar-refractivity contribution in [3.05, 3.63) is 48.4 Å². The molecule has 0 aliphatic carbocycles. The molecule has 2 heterocycles. The van der Waals surface area contributed by atoms with Crippen LogP contribution in [-0.4, -0.2) is 15.2 Å². The number of nitrogens with zero attached hydrogens (tertiary/aromatic N) is 2. The fourth-order valence-electron chi connectivity index (χ4n) is 1.92. The fourth-order valence-corrected chi connectivity index (χ4v) is 1.92. The van der Waals surface area contributed by atoms with Crippen LogP contribution >= 0.6 is 0 Å². The van der Waals surface area contributed by atoms with Gasteiger partial charge in [0.1, 0.15) is 0 Å². The van der Waals surface area contributed by atoms with E-state index in [1.165, 1.54) is 0 Å². The highest BCUT2D eigenvalue weighted by Crippen LogP contribution is 2.26. The number of H-pyrrole nitrogens is 1. The highest BCUT2D eigenvalue weighted by Gasteiger charge is 2.04. The average Bonchev–Trinajstić information content (AvgIpc) is 2.92. The van der Waals surface area contributed by atoms with Crippen LogP contribution in [-0.2, 0) is 6.54 Å². The second-order valence-corrected chi connectivity index (χ2v) is 4.04. The van der Waals surface area contributed by atoms with Crippen molar-refractivity contribution in [2.24, 2.45) is 0 Å². The molecule has 0 spiro atoms. The molecule has 0 atom stereocenters. The second kappa shape index (κ2) is 4.37. The van der Waals surface area contributed by atoms with Gasteiger partial charge in [-0.05, 0) is 30.3 Å². The van der Waals surface area contributed by atoms with Gasteiger partial charge in [-0.15, -0.1) is 0 Å². The topological polar surface area (TPSA) is 79.6 Å². The summed E-state index contributed by atoms with van der Waals surface area (Å²) in [5, 5.41) is 11.2. The summed E-state index contributed by atoms with van der Waals surface area (Å²) in [7, 11) is 0. The third kappa shape index (κ3) is 1.86. The monoisotopic (exact) mass is 239 g/mol. The van der Waals surface area contributed by atoms with Crippen LogP contribution in [0.1, 0.15) is 5.69 Å². The smallest absolute Gasteiger partial charge is 0.0951 e. The third-order valence-electron chi connectivity index (χ3n) is 2.83. The van der Waals surface area contributed by atoms with Crippen LogP contribution in [0.4, 0.5) is 11.4 Å². The number of anilines is 2. The van der Waals surface area contributed by atoms with E-state index in [2.05, 4.69) is 20.5 Å². The number of aromatic amines is 1. The van der Waals surface area contributed by atoms with Gasteiger partial charge in [0.25, 0.3) is 0 Å². The molecule has 0 radical (unpaired) electrons. The number of hydrogen-bond donors (Lipinski definition) is 3. The first-order valence-electron chi connectivity index (χ1n) is 5.70. The minimum atomic E-state index is 0.688. The Morgan fingerprint density at radius 2 is 2.11 bits per heavy atom. The Hall–Kier alpha value is -2.56. The summed E-state index contributed by atoms with van der Waals surface area (Å²) in [6.45, 7) is 0.688. The van der Waals surface area contributed by atoms with Crippen LogP contribution in [0, 0.1) is 0 Å². The average molecular weight is 239 g/mol. The van der Waals surface area contributed by atoms with Crippen LogP contribution in [0.3, 0.4) is 0 Å². The fraction of sp³-hybridized carbons (Fsp3) is 0.0769. The van der Waals surface area contributed by atoms with Crippen molar-refractivity contribution in [1.29, 1.82) is 0 Å². The summed E-state index contributed by atoms with van der Waals surface area (Å²) in [6.07, 6.45) is 3.48. The number of hydrogen-bond acceptors (Lipinski definition) is 4. The molecule has 0 aliphatic rings. The summed E-state index contributed by atoms with van der Waals surface area (Å²) < 4.78 is 0. The number of aromatic nitrogens is 3. The molecular weight excluding hydrogens is 226 g/mol. The van der Waals surface area contributed by atoms with E-state index in [1.807, 2.05) is 30.3 Å². The summed E-state index contributed by atoms with van der Waals surface area (Å²) in [4.78, 5) is 4.30. The molecule has 0 saturated heterocycles. The predicted octanol–water partition coefficient (Wildman–Crippen LogP) is 2.15. The van der Waals surface area contributed by atoms with Crippen molar-refractivity contribution < 1.29 is 0 Å². The lowest BCUT2D eigenvalue weighted by Crippen LogP contribution is -2.01. The van der Waals surface area contributed by atoms with Crippen molar-refractivity contribution in [3.8, 4) is 0 Å². The molecular formula is C13H13N5. The Bertz CT molecular complexity index is 660. The Labute approximate surface area is 104 Å². The number of pyridine rings is 1. The largest absolute Gasteiger partial charge is 0.397 e. The first-order chi connectivity index (χ1) is 8.84. The maximum Gasteiger partial charge on any atom is 0.0951 e. The quantitative estimate of drug-likeness (QED) is 0.612. The standard InChI is InChI=1S/C13H13N5/c14-11-3-4-12(10-2-1-6-15-13(10)11)16-8-9-5-7-17-18-9/h1-7,16H,8,14H2,(H,17,18). The van der Waals surface area contributed by atoms with Gasteiger partial charge in [0.2, 0.25) is 0 Å². The first-order valence-corrected chi connectivity index (χ1v) is 5.70. The Morgan fingerprint density at radius 3 is 2.94 bits per heavy atom. The Morgan fingerprint density at radius 1 is 1.17 bits per heavy atom. The molecule has 4 N–H and O–H groups in total. The SMILES string of the molecule is Nc1ccc(NCc2ccn[nH]2)c2cccnc12. The molecule has 5 nitrogen and oxygen atoms in total. The maximum atomic E-state index is 5.91. The van der Waals surface area contributed by atoms with E-state index in [1.54, 1.807) is 12.4 Å². The molecule has 0 aliphatic heterocycles. The van der Waals surface area contributed by atoms with Gasteiger partial charge < -0.3 is 11.1 Å². The zero-order valence-corrected chi connectivity index (χ0v) is 9.72. The molecule has 3 aromatic rings. The Balaban J connectivity index is 1.94. The Kier molecular flexibility index (Phi) is 2.57. The normalized spacial score (nSPS) is 10.7. The molecule has 1 aromatic carbocycles. The van der Waals surface area contributed by atoms with Crippen molar-refractivity contribution in [3.63, 3.8) is 0 Å². The lowest BCUT2D eigenvalue weighted by atomic mass is 10.1. The number of nitrogens with one attached hydrogen (secondary N) is 2. The lowest BCUT2D eigenvalue weighted by molar-refractivity contribution is 0.982. The van der Waals surface area contributed by atoms with E-state index in [0.717, 1.165) is 22.3 Å². The lowest BCUT2D eigenvalue weighted by Gasteiger charge is -2.09. The van der Waals surface area contributed by atoms with Gasteiger partial charge in [-0.1, -0.05) is 0 Å². The molecule has 18 heavy (non-hydrogen) atoms. The minimum absolute atomic E-state index is 0.688. The zero-order valence-electron chi connectivity index (χ0n) is 9.72. The molecule has 0 bridgehead atoms. The van der Waals surface area contributed by atoms with Gasteiger partial charge >= 0.3 is 0 Å². The summed E-state index contributed by atoms with van der Waals surface area (Å²) >= 11 is 0. The summed E-state index contributed by atoms with van der Waals surface area (Å²) in [6, 6.07) is 9.68. The van der Waals surface area contributed by atoms with Crippen LogP contribution in [0.5, 0.6) is 0 Å². The van der Waals surface area contributed by atoms with Crippen molar-refractivity contribution in [2.75, 3.05) is 11.1 Å². The van der Waals surface area contributed by atoms with E-state index in [4.69, 9.17) is 5.73 Å². The molecule has 3 rings (SSSR count). The van der Waals surface area contributed by atoms with Crippen LogP contribution in [0.25, 0.3) is 10.9 Å². The van der Waals surface area contributed by atoms with Gasteiger partial charge in [-0.2, -0.15) is 5.10 Å². The van der Waals surface area contributed by atoms with Gasteiger partial charge in [0.15, 0.2) is 0 Å². The number of nitrogen functional groups attached to an aromatic ring is 1. The van der Waals surface area contributed by atoms with Gasteiger partial charge in [-0.25, -0.2) is 0 Å². The molecule has 0 amide bonds. The van der Waals surface area contributed by atoms with E-state index >= 15 is 0 Å². The molecule has 0 saturated carbocycles. The number of benzene rings is 1. The predicted molar refractivity (Wildman–Crippen MR) is 72.1 cm³/mol. The molecule has 2 aromatic heterocycles. The molecule has 0 fully saturated rings. The van der Waals surface area contributed by atoms with Gasteiger partial charge in [0.05, 0.1) is 23.4 Å². The first kappa shape index (κ1) is 10.6. The van der Waals surface area contributed by atoms with E-state index in [9.17, 15) is 0 Å². The van der Waals surface area contributed by atoms with Crippen molar-refractivity contribution >= 4 is 22.3 Å². The molecule has 0 unspecified atom stereocenters. The number of rotatable bonds is 3. The zero-order chi connectivity index (χ0) is 12.4. The highest BCUT2D eigenvalue weighted by atomic mass is 15.1. The number of nitrogens with two attached hydrogens (primary N) is 1. The third-order valence-corrected chi connectivity index (χ3v) is 2.83.